The summed E-state index contributed by atoms with van der Waals surface area (Å²) in [5, 5.41) is 0.319. The average Bonchev–Trinajstić information content (AvgIpc) is 2.62. The number of fused-ring (bicyclic) bond motifs is 1. The first-order chi connectivity index (χ1) is 7.70. The fourth-order valence-electron chi connectivity index (χ4n) is 2.10. The molecule has 0 N–H and O–H groups in total. The molecule has 0 amide bonds. The number of rotatable bonds is 2. The van der Waals surface area contributed by atoms with Gasteiger partial charge in [-0.1, -0.05) is 49.6 Å². The van der Waals surface area contributed by atoms with E-state index in [1.807, 2.05) is 30.3 Å². The van der Waals surface area contributed by atoms with E-state index in [0.717, 1.165) is 27.8 Å². The molecule has 0 nitrogen and oxygen atoms in total. The maximum atomic E-state index is 5.74. The third kappa shape index (κ3) is 1.42. The maximum Gasteiger partial charge on any atom is 0.0931 e. The van der Waals surface area contributed by atoms with Crippen LogP contribution in [0.1, 0.15) is 11.1 Å². The van der Waals surface area contributed by atoms with Crippen LogP contribution >= 0.6 is 0 Å². The van der Waals surface area contributed by atoms with Crippen molar-refractivity contribution < 1.29 is 0 Å². The molecule has 0 fully saturated rings. The van der Waals surface area contributed by atoms with Crippen LogP contribution < -0.4 is 0 Å². The molecule has 72 valence electrons. The minimum absolute atomic E-state index is 0.319. The lowest BCUT2D eigenvalue weighted by Crippen LogP contribution is -1.90. The van der Waals surface area contributed by atoms with Crippen molar-refractivity contribution in [1.82, 2.24) is 0 Å². The van der Waals surface area contributed by atoms with Crippen molar-refractivity contribution in [2.24, 2.45) is 0 Å². The third-order valence-corrected chi connectivity index (χ3v) is 2.74. The topological polar surface area (TPSA) is 0 Å². The van der Waals surface area contributed by atoms with Crippen molar-refractivity contribution in [3.8, 4) is 0 Å². The Hall–Kier alpha value is -1.69. The zero-order valence-corrected chi connectivity index (χ0v) is 9.03. The van der Waals surface area contributed by atoms with Gasteiger partial charge in [-0.15, -0.1) is 0 Å². The second kappa shape index (κ2) is 4.05. The van der Waals surface area contributed by atoms with Gasteiger partial charge in [-0.25, -0.2) is 0 Å². The van der Waals surface area contributed by atoms with Crippen molar-refractivity contribution in [2.75, 3.05) is 0 Å². The van der Waals surface area contributed by atoms with Crippen LogP contribution in [0.4, 0.5) is 0 Å². The molecule has 16 heavy (non-hydrogen) atoms. The van der Waals surface area contributed by atoms with E-state index in [4.69, 9.17) is 15.7 Å². The fourth-order valence-corrected chi connectivity index (χ4v) is 2.10. The van der Waals surface area contributed by atoms with Gasteiger partial charge in [0.25, 0.3) is 0 Å². The van der Waals surface area contributed by atoms with Crippen LogP contribution in [0, 0.1) is 0 Å². The Bertz CT molecular complexity index is 529. The van der Waals surface area contributed by atoms with Gasteiger partial charge in [0.15, 0.2) is 0 Å². The van der Waals surface area contributed by atoms with E-state index < -0.39 is 0 Å². The molecule has 0 heterocycles. The molecule has 0 saturated carbocycles. The molecular formula is C14H10B2. The zero-order valence-electron chi connectivity index (χ0n) is 9.03. The van der Waals surface area contributed by atoms with Crippen LogP contribution in [0.15, 0.2) is 60.5 Å². The van der Waals surface area contributed by atoms with Gasteiger partial charge in [-0.2, -0.15) is 5.37 Å². The fraction of sp³-hybridized carbons (Fsp3) is 0. The standard InChI is InChI=1S/C14H10B2/c1-3-9-10(4-2)13(14(15)16)12-8-6-5-7-11(9)12/h3-8H,1-2H2. The molecule has 0 atom stereocenters. The van der Waals surface area contributed by atoms with Gasteiger partial charge in [0.05, 0.1) is 15.7 Å². The summed E-state index contributed by atoms with van der Waals surface area (Å²) < 4.78 is 0. The Labute approximate surface area is 98.9 Å². The molecule has 1 aromatic carbocycles. The van der Waals surface area contributed by atoms with Crippen molar-refractivity contribution in [3.63, 3.8) is 0 Å². The van der Waals surface area contributed by atoms with Gasteiger partial charge in [-0.05, 0) is 27.8 Å². The molecule has 1 aromatic rings. The molecule has 0 unspecified atom stereocenters. The molecule has 0 saturated heterocycles. The molecule has 2 rings (SSSR count). The number of hydrogen-bond donors (Lipinski definition) is 0. The van der Waals surface area contributed by atoms with Gasteiger partial charge in [0, 0.05) is 0 Å². The largest absolute Gasteiger partial charge is 0.152 e. The molecule has 1 aliphatic carbocycles. The molecule has 0 aliphatic heterocycles. The van der Waals surface area contributed by atoms with Crippen LogP contribution in [0.5, 0.6) is 0 Å². The second-order valence-electron chi connectivity index (χ2n) is 3.61. The molecule has 0 bridgehead atoms. The van der Waals surface area contributed by atoms with E-state index in [9.17, 15) is 0 Å². The van der Waals surface area contributed by atoms with Crippen LogP contribution in [0.3, 0.4) is 0 Å². The number of allylic oxidation sites excluding steroid dienone is 5. The SMILES string of the molecule is [B]C([B])=C1C(C=C)=C(C=C)c2ccccc21. The Balaban J connectivity index is 2.84. The highest BCUT2D eigenvalue weighted by Gasteiger charge is 2.22. The lowest BCUT2D eigenvalue weighted by atomic mass is 9.72. The van der Waals surface area contributed by atoms with E-state index >= 15 is 0 Å². The van der Waals surface area contributed by atoms with Gasteiger partial charge >= 0.3 is 0 Å². The highest BCUT2D eigenvalue weighted by Crippen LogP contribution is 2.42. The highest BCUT2D eigenvalue weighted by atomic mass is 14.2. The van der Waals surface area contributed by atoms with Crippen LogP contribution in [0.2, 0.25) is 0 Å². The monoisotopic (exact) mass is 200 g/mol. The van der Waals surface area contributed by atoms with E-state index in [1.54, 1.807) is 6.08 Å². The maximum absolute atomic E-state index is 5.74. The first-order valence-electron chi connectivity index (χ1n) is 5.05. The highest BCUT2D eigenvalue weighted by molar-refractivity contribution is 6.52. The number of hydrogen-bond acceptors (Lipinski definition) is 0. The summed E-state index contributed by atoms with van der Waals surface area (Å²) in [6.07, 6.45) is 3.58. The summed E-state index contributed by atoms with van der Waals surface area (Å²) in [5.74, 6) is 0. The third-order valence-electron chi connectivity index (χ3n) is 2.74. The predicted molar refractivity (Wildman–Crippen MR) is 72.2 cm³/mol. The minimum Gasteiger partial charge on any atom is -0.152 e. The molecule has 2 heteroatoms. The lowest BCUT2D eigenvalue weighted by Gasteiger charge is -2.06. The van der Waals surface area contributed by atoms with E-state index in [0.29, 0.717) is 5.37 Å². The van der Waals surface area contributed by atoms with Crippen LogP contribution in [0.25, 0.3) is 11.1 Å². The summed E-state index contributed by atoms with van der Waals surface area (Å²) in [6.45, 7) is 7.63. The summed E-state index contributed by atoms with van der Waals surface area (Å²) in [4.78, 5) is 0. The molecular weight excluding hydrogens is 190 g/mol. The minimum atomic E-state index is 0.319. The van der Waals surface area contributed by atoms with Crippen molar-refractivity contribution in [3.05, 3.63) is 71.6 Å². The van der Waals surface area contributed by atoms with Gasteiger partial charge in [0.2, 0.25) is 0 Å². The van der Waals surface area contributed by atoms with Gasteiger partial charge in [-0.3, -0.25) is 0 Å². The Kier molecular flexibility index (Phi) is 2.74. The molecule has 4 radical (unpaired) electrons. The Morgan fingerprint density at radius 3 is 2.00 bits per heavy atom. The summed E-state index contributed by atoms with van der Waals surface area (Å²) >= 11 is 0. The Morgan fingerprint density at radius 1 is 0.938 bits per heavy atom. The number of benzene rings is 1. The van der Waals surface area contributed by atoms with Crippen LogP contribution in [-0.4, -0.2) is 15.7 Å². The molecule has 0 spiro atoms. The zero-order chi connectivity index (χ0) is 11.7. The van der Waals surface area contributed by atoms with Crippen molar-refractivity contribution >= 4 is 26.8 Å². The lowest BCUT2D eigenvalue weighted by molar-refractivity contribution is 1.60. The van der Waals surface area contributed by atoms with Gasteiger partial charge in [0.1, 0.15) is 0 Å². The summed E-state index contributed by atoms with van der Waals surface area (Å²) in [6, 6.07) is 7.99. The predicted octanol–water partition coefficient (Wildman–Crippen LogP) is 2.83. The first kappa shape index (κ1) is 10.8. The summed E-state index contributed by atoms with van der Waals surface area (Å²) in [5.41, 5.74) is 5.01. The van der Waals surface area contributed by atoms with Crippen molar-refractivity contribution in [2.45, 2.75) is 0 Å². The summed E-state index contributed by atoms with van der Waals surface area (Å²) in [7, 11) is 11.5. The van der Waals surface area contributed by atoms with Crippen molar-refractivity contribution in [1.29, 1.82) is 0 Å². The average molecular weight is 200 g/mol. The first-order valence-corrected chi connectivity index (χ1v) is 5.05. The van der Waals surface area contributed by atoms with E-state index in [2.05, 4.69) is 13.2 Å². The molecule has 0 aromatic heterocycles. The normalized spacial score (nSPS) is 13.6. The second-order valence-corrected chi connectivity index (χ2v) is 3.61. The van der Waals surface area contributed by atoms with E-state index in [1.165, 1.54) is 0 Å². The van der Waals surface area contributed by atoms with Gasteiger partial charge < -0.3 is 0 Å². The van der Waals surface area contributed by atoms with E-state index in [-0.39, 0.29) is 0 Å². The molecule has 1 aliphatic rings. The Morgan fingerprint density at radius 2 is 1.50 bits per heavy atom. The van der Waals surface area contributed by atoms with Crippen LogP contribution in [-0.2, 0) is 0 Å². The quantitative estimate of drug-likeness (QED) is 0.643. The smallest absolute Gasteiger partial charge is 0.0931 e.